The van der Waals surface area contributed by atoms with Crippen molar-refractivity contribution in [3.63, 3.8) is 0 Å². The van der Waals surface area contributed by atoms with E-state index in [1.54, 1.807) is 0 Å². The molecule has 0 saturated heterocycles. The zero-order valence-electron chi connectivity index (χ0n) is 12.0. The molecular formula is C16H23N3O. The predicted octanol–water partition coefficient (Wildman–Crippen LogP) is 2.22. The summed E-state index contributed by atoms with van der Waals surface area (Å²) in [5.74, 6) is 1.46. The van der Waals surface area contributed by atoms with E-state index in [2.05, 4.69) is 34.7 Å². The maximum atomic E-state index is 9.54. The van der Waals surface area contributed by atoms with Gasteiger partial charge < -0.3 is 15.4 Å². The van der Waals surface area contributed by atoms with Crippen molar-refractivity contribution in [2.45, 2.75) is 44.7 Å². The van der Waals surface area contributed by atoms with Gasteiger partial charge in [0.25, 0.3) is 0 Å². The minimum Gasteiger partial charge on any atom is -0.394 e. The monoisotopic (exact) mass is 273 g/mol. The van der Waals surface area contributed by atoms with Gasteiger partial charge in [0.05, 0.1) is 17.6 Å². The highest BCUT2D eigenvalue weighted by Crippen LogP contribution is 2.36. The Hall–Kier alpha value is -1.39. The van der Waals surface area contributed by atoms with Crippen molar-refractivity contribution < 1.29 is 5.11 Å². The van der Waals surface area contributed by atoms with Gasteiger partial charge in [-0.15, -0.1) is 0 Å². The average Bonchev–Trinajstić information content (AvgIpc) is 2.97. The molecule has 2 atom stereocenters. The highest BCUT2D eigenvalue weighted by atomic mass is 16.3. The van der Waals surface area contributed by atoms with Crippen molar-refractivity contribution >= 4 is 11.0 Å². The molecule has 1 aromatic carbocycles. The van der Waals surface area contributed by atoms with Gasteiger partial charge in [-0.2, -0.15) is 0 Å². The van der Waals surface area contributed by atoms with E-state index in [-0.39, 0.29) is 12.1 Å². The van der Waals surface area contributed by atoms with E-state index in [0.717, 1.165) is 43.6 Å². The van der Waals surface area contributed by atoms with Gasteiger partial charge in [0.1, 0.15) is 5.82 Å². The molecule has 2 unspecified atom stereocenters. The van der Waals surface area contributed by atoms with Crippen LogP contribution < -0.4 is 5.73 Å². The van der Waals surface area contributed by atoms with Gasteiger partial charge in [-0.05, 0) is 44.2 Å². The molecule has 1 saturated carbocycles. The Labute approximate surface area is 119 Å². The molecule has 0 spiro atoms. The van der Waals surface area contributed by atoms with Crippen molar-refractivity contribution in [3.05, 3.63) is 30.1 Å². The molecule has 0 aliphatic heterocycles. The summed E-state index contributed by atoms with van der Waals surface area (Å²) in [6, 6.07) is 8.24. The second-order valence-electron chi connectivity index (χ2n) is 6.07. The first-order valence-electron chi connectivity index (χ1n) is 7.46. The van der Waals surface area contributed by atoms with Crippen LogP contribution in [-0.2, 0) is 6.54 Å². The van der Waals surface area contributed by atoms with E-state index < -0.39 is 0 Å². The molecule has 0 radical (unpaired) electrons. The molecule has 3 rings (SSSR count). The van der Waals surface area contributed by atoms with Gasteiger partial charge in [-0.25, -0.2) is 4.98 Å². The molecule has 1 aromatic heterocycles. The maximum absolute atomic E-state index is 9.54. The molecule has 20 heavy (non-hydrogen) atoms. The number of aryl methyl sites for hydroxylation is 2. The fourth-order valence-electron chi connectivity index (χ4n) is 3.57. The van der Waals surface area contributed by atoms with Crippen LogP contribution in [0.3, 0.4) is 0 Å². The van der Waals surface area contributed by atoms with Crippen molar-refractivity contribution in [3.8, 4) is 0 Å². The molecular weight excluding hydrogens is 250 g/mol. The Morgan fingerprint density at radius 2 is 2.25 bits per heavy atom. The largest absolute Gasteiger partial charge is 0.394 e. The molecule has 108 valence electrons. The van der Waals surface area contributed by atoms with Crippen LogP contribution in [0.15, 0.2) is 24.3 Å². The number of imidazole rings is 1. The van der Waals surface area contributed by atoms with E-state index in [0.29, 0.717) is 5.92 Å². The summed E-state index contributed by atoms with van der Waals surface area (Å²) in [7, 11) is 0. The number of nitrogens with two attached hydrogens (primary N) is 1. The SMILES string of the molecule is Cc1nc2ccccc2n1CCC1CCCC1(N)CO. The van der Waals surface area contributed by atoms with Crippen LogP contribution in [0.2, 0.25) is 0 Å². The van der Waals surface area contributed by atoms with Crippen LogP contribution in [0.25, 0.3) is 11.0 Å². The van der Waals surface area contributed by atoms with Crippen molar-refractivity contribution in [1.82, 2.24) is 9.55 Å². The Balaban J connectivity index is 1.79. The first kappa shape index (κ1) is 13.6. The van der Waals surface area contributed by atoms with Gasteiger partial charge in [-0.3, -0.25) is 0 Å². The van der Waals surface area contributed by atoms with Gasteiger partial charge in [-0.1, -0.05) is 18.6 Å². The molecule has 3 N–H and O–H groups in total. The number of para-hydroxylation sites is 2. The number of aliphatic hydroxyl groups is 1. The van der Waals surface area contributed by atoms with Crippen LogP contribution in [0, 0.1) is 12.8 Å². The molecule has 1 fully saturated rings. The first-order valence-corrected chi connectivity index (χ1v) is 7.46. The zero-order valence-corrected chi connectivity index (χ0v) is 12.0. The third kappa shape index (κ3) is 2.23. The summed E-state index contributed by atoms with van der Waals surface area (Å²) in [5, 5.41) is 9.54. The molecule has 1 heterocycles. The van der Waals surface area contributed by atoms with E-state index in [1.807, 2.05) is 6.07 Å². The van der Waals surface area contributed by atoms with Crippen LogP contribution in [0.5, 0.6) is 0 Å². The average molecular weight is 273 g/mol. The lowest BCUT2D eigenvalue weighted by Gasteiger charge is -2.29. The maximum Gasteiger partial charge on any atom is 0.106 e. The van der Waals surface area contributed by atoms with Gasteiger partial charge in [0.2, 0.25) is 0 Å². The predicted molar refractivity (Wildman–Crippen MR) is 80.4 cm³/mol. The van der Waals surface area contributed by atoms with Gasteiger partial charge in [0.15, 0.2) is 0 Å². The zero-order chi connectivity index (χ0) is 14.2. The number of hydrogen-bond donors (Lipinski definition) is 2. The van der Waals surface area contributed by atoms with Crippen molar-refractivity contribution in [2.75, 3.05) is 6.61 Å². The second kappa shape index (κ2) is 5.19. The lowest BCUT2D eigenvalue weighted by Crippen LogP contribution is -2.47. The fraction of sp³-hybridized carbons (Fsp3) is 0.562. The lowest BCUT2D eigenvalue weighted by atomic mass is 9.86. The summed E-state index contributed by atoms with van der Waals surface area (Å²) in [4.78, 5) is 4.60. The number of aliphatic hydroxyl groups excluding tert-OH is 1. The summed E-state index contributed by atoms with van der Waals surface area (Å²) >= 11 is 0. The number of benzene rings is 1. The number of rotatable bonds is 4. The Bertz CT molecular complexity index is 607. The number of hydrogen-bond acceptors (Lipinski definition) is 3. The van der Waals surface area contributed by atoms with Gasteiger partial charge in [0, 0.05) is 12.1 Å². The molecule has 1 aliphatic carbocycles. The van der Waals surface area contributed by atoms with Gasteiger partial charge >= 0.3 is 0 Å². The second-order valence-corrected chi connectivity index (χ2v) is 6.07. The summed E-state index contributed by atoms with van der Waals surface area (Å²) in [6.07, 6.45) is 4.21. The lowest BCUT2D eigenvalue weighted by molar-refractivity contribution is 0.153. The molecule has 4 heteroatoms. The number of aromatic nitrogens is 2. The normalized spacial score (nSPS) is 26.4. The first-order chi connectivity index (χ1) is 9.64. The number of fused-ring (bicyclic) bond motifs is 1. The molecule has 4 nitrogen and oxygen atoms in total. The Morgan fingerprint density at radius 1 is 1.45 bits per heavy atom. The minimum atomic E-state index is -0.371. The van der Waals surface area contributed by atoms with Crippen LogP contribution in [-0.4, -0.2) is 26.8 Å². The highest BCUT2D eigenvalue weighted by molar-refractivity contribution is 5.75. The molecule has 2 aromatic rings. The molecule has 0 bridgehead atoms. The van der Waals surface area contributed by atoms with E-state index in [1.165, 1.54) is 5.52 Å². The van der Waals surface area contributed by atoms with Crippen LogP contribution in [0.4, 0.5) is 0 Å². The topological polar surface area (TPSA) is 64.1 Å². The molecule has 1 aliphatic rings. The van der Waals surface area contributed by atoms with Crippen LogP contribution in [0.1, 0.15) is 31.5 Å². The smallest absolute Gasteiger partial charge is 0.106 e. The number of nitrogens with zero attached hydrogens (tertiary/aromatic N) is 2. The van der Waals surface area contributed by atoms with Crippen molar-refractivity contribution in [1.29, 1.82) is 0 Å². The fourth-order valence-corrected chi connectivity index (χ4v) is 3.57. The summed E-state index contributed by atoms with van der Waals surface area (Å²) in [5.41, 5.74) is 8.19. The third-order valence-corrected chi connectivity index (χ3v) is 4.85. The van der Waals surface area contributed by atoms with E-state index >= 15 is 0 Å². The Morgan fingerprint density at radius 3 is 3.05 bits per heavy atom. The van der Waals surface area contributed by atoms with E-state index in [9.17, 15) is 5.11 Å². The van der Waals surface area contributed by atoms with E-state index in [4.69, 9.17) is 5.73 Å². The van der Waals surface area contributed by atoms with Crippen LogP contribution >= 0.6 is 0 Å². The summed E-state index contributed by atoms with van der Waals surface area (Å²) in [6.45, 7) is 3.08. The highest BCUT2D eigenvalue weighted by Gasteiger charge is 2.38. The molecule has 0 amide bonds. The Kier molecular flexibility index (Phi) is 3.52. The standard InChI is InChI=1S/C16H23N3O/c1-12-18-14-6-2-3-7-15(14)19(12)10-8-13-5-4-9-16(13,17)11-20/h2-3,6-7,13,20H,4-5,8-11,17H2,1H3. The van der Waals surface area contributed by atoms with Crippen molar-refractivity contribution in [2.24, 2.45) is 11.7 Å². The summed E-state index contributed by atoms with van der Waals surface area (Å²) < 4.78 is 2.27. The quantitative estimate of drug-likeness (QED) is 0.898. The minimum absolute atomic E-state index is 0.0985. The third-order valence-electron chi connectivity index (χ3n) is 4.85.